The summed E-state index contributed by atoms with van der Waals surface area (Å²) >= 11 is 3.03. The minimum absolute atomic E-state index is 0.149. The lowest BCUT2D eigenvalue weighted by Gasteiger charge is -2.19. The molecular weight excluding hydrogens is 308 g/mol. The minimum Gasteiger partial charge on any atom is -0.490 e. The van der Waals surface area contributed by atoms with Crippen LogP contribution in [-0.4, -0.2) is 28.1 Å². The first-order valence-electron chi connectivity index (χ1n) is 4.83. The van der Waals surface area contributed by atoms with Gasteiger partial charge in [0, 0.05) is 6.07 Å². The van der Waals surface area contributed by atoms with Crippen LogP contribution in [0.3, 0.4) is 0 Å². The number of nitro benzene ring substituents is 1. The minimum atomic E-state index is -1.57. The molecule has 3 N–H and O–H groups in total. The molecule has 7 nitrogen and oxygen atoms in total. The molecule has 98 valence electrons. The first-order valence-corrected chi connectivity index (χ1v) is 5.63. The lowest BCUT2D eigenvalue weighted by atomic mass is 10.1. The van der Waals surface area contributed by atoms with E-state index in [0.29, 0.717) is 0 Å². The topological polar surface area (TPSA) is 116 Å². The summed E-state index contributed by atoms with van der Waals surface area (Å²) in [6.45, 7) is 0.989. The van der Waals surface area contributed by atoms with E-state index in [0.717, 1.165) is 0 Å². The smallest absolute Gasteiger partial charge is 0.326 e. The molecule has 0 amide bonds. The number of carbonyl (C=O) groups is 1. The van der Waals surface area contributed by atoms with Crippen molar-refractivity contribution in [2.75, 3.05) is 6.61 Å². The van der Waals surface area contributed by atoms with Crippen molar-refractivity contribution < 1.29 is 19.6 Å². The molecule has 0 heterocycles. The number of carboxylic acids is 1. The van der Waals surface area contributed by atoms with Crippen molar-refractivity contribution >= 4 is 27.6 Å². The number of rotatable bonds is 5. The Hall–Kier alpha value is -1.67. The van der Waals surface area contributed by atoms with E-state index >= 15 is 0 Å². The summed E-state index contributed by atoms with van der Waals surface area (Å²) in [7, 11) is 0. The van der Waals surface area contributed by atoms with Crippen molar-refractivity contribution in [3.8, 4) is 5.75 Å². The summed E-state index contributed by atoms with van der Waals surface area (Å²) in [5.74, 6) is -1.05. The number of halogens is 1. The lowest BCUT2D eigenvalue weighted by Crippen LogP contribution is -2.49. The first kappa shape index (κ1) is 14.4. The Balaban J connectivity index is 2.90. The van der Waals surface area contributed by atoms with Crippen molar-refractivity contribution in [3.63, 3.8) is 0 Å². The Labute approximate surface area is 111 Å². The highest BCUT2D eigenvalue weighted by Gasteiger charge is 2.29. The number of nitro groups is 1. The Morgan fingerprint density at radius 1 is 1.67 bits per heavy atom. The molecular formula is C10H11BrN2O5. The zero-order chi connectivity index (χ0) is 13.9. The average Bonchev–Trinajstić information content (AvgIpc) is 2.27. The molecule has 1 atom stereocenters. The molecule has 0 aliphatic rings. The van der Waals surface area contributed by atoms with Crippen LogP contribution in [0.5, 0.6) is 5.75 Å². The molecule has 0 aromatic heterocycles. The van der Waals surface area contributed by atoms with Crippen LogP contribution in [-0.2, 0) is 4.79 Å². The highest BCUT2D eigenvalue weighted by atomic mass is 79.9. The number of ether oxygens (including phenoxy) is 1. The third-order valence-electron chi connectivity index (χ3n) is 2.16. The summed E-state index contributed by atoms with van der Waals surface area (Å²) in [5.41, 5.74) is 3.75. The van der Waals surface area contributed by atoms with Crippen LogP contribution < -0.4 is 10.5 Å². The number of nitrogens with two attached hydrogens (primary N) is 1. The summed E-state index contributed by atoms with van der Waals surface area (Å²) in [4.78, 5) is 20.9. The predicted molar refractivity (Wildman–Crippen MR) is 66.5 cm³/mol. The first-order chi connectivity index (χ1) is 8.25. The van der Waals surface area contributed by atoms with Gasteiger partial charge in [-0.1, -0.05) is 6.07 Å². The van der Waals surface area contributed by atoms with E-state index in [1.807, 2.05) is 0 Å². The standard InChI is InChI=1S/C10H11BrN2O5/c1-10(12,9(14)15)5-18-7-4-2-3-6(8(7)11)13(16)17/h2-4H,5,12H2,1H3,(H,14,15). The van der Waals surface area contributed by atoms with Crippen molar-refractivity contribution in [1.29, 1.82) is 0 Å². The van der Waals surface area contributed by atoms with Crippen LogP contribution in [0.4, 0.5) is 5.69 Å². The van der Waals surface area contributed by atoms with Gasteiger partial charge in [0.1, 0.15) is 22.4 Å². The fourth-order valence-electron chi connectivity index (χ4n) is 1.04. The van der Waals surface area contributed by atoms with Gasteiger partial charge in [0.05, 0.1) is 4.92 Å². The number of hydrogen-bond acceptors (Lipinski definition) is 5. The maximum Gasteiger partial charge on any atom is 0.326 e. The zero-order valence-corrected chi connectivity index (χ0v) is 11.0. The van der Waals surface area contributed by atoms with Gasteiger partial charge in [0.15, 0.2) is 0 Å². The molecule has 1 rings (SSSR count). The number of nitrogens with zero attached hydrogens (tertiary/aromatic N) is 1. The van der Waals surface area contributed by atoms with Crippen LogP contribution >= 0.6 is 15.9 Å². The SMILES string of the molecule is CC(N)(COc1cccc([N+](=O)[O-])c1Br)C(=O)O. The van der Waals surface area contributed by atoms with E-state index in [4.69, 9.17) is 15.6 Å². The normalized spacial score (nSPS) is 13.7. The van der Waals surface area contributed by atoms with Gasteiger partial charge >= 0.3 is 5.97 Å². The third kappa shape index (κ3) is 3.17. The number of carboxylic acid groups (broad SMARTS) is 1. The average molecular weight is 319 g/mol. The van der Waals surface area contributed by atoms with Crippen LogP contribution in [0.25, 0.3) is 0 Å². The highest BCUT2D eigenvalue weighted by Crippen LogP contribution is 2.33. The lowest BCUT2D eigenvalue weighted by molar-refractivity contribution is -0.385. The van der Waals surface area contributed by atoms with E-state index in [2.05, 4.69) is 15.9 Å². The van der Waals surface area contributed by atoms with E-state index in [-0.39, 0.29) is 22.5 Å². The van der Waals surface area contributed by atoms with Gasteiger partial charge in [-0.25, -0.2) is 0 Å². The van der Waals surface area contributed by atoms with E-state index < -0.39 is 16.4 Å². The molecule has 0 fully saturated rings. The Morgan fingerprint density at radius 2 is 2.28 bits per heavy atom. The number of aliphatic carboxylic acids is 1. The van der Waals surface area contributed by atoms with Gasteiger partial charge < -0.3 is 15.6 Å². The van der Waals surface area contributed by atoms with Crippen LogP contribution in [0.1, 0.15) is 6.92 Å². The Kier molecular flexibility index (Phi) is 4.25. The van der Waals surface area contributed by atoms with E-state index in [1.54, 1.807) is 0 Å². The molecule has 0 radical (unpaired) electrons. The quantitative estimate of drug-likeness (QED) is 0.628. The molecule has 0 spiro atoms. The summed E-state index contributed by atoms with van der Waals surface area (Å²) in [6.07, 6.45) is 0. The maximum atomic E-state index is 10.8. The second kappa shape index (κ2) is 5.32. The molecule has 1 unspecified atom stereocenters. The highest BCUT2D eigenvalue weighted by molar-refractivity contribution is 9.10. The van der Waals surface area contributed by atoms with Gasteiger partial charge in [0.2, 0.25) is 0 Å². The fourth-order valence-corrected chi connectivity index (χ4v) is 1.56. The molecule has 8 heteroatoms. The van der Waals surface area contributed by atoms with Crippen molar-refractivity contribution in [1.82, 2.24) is 0 Å². The second-order valence-electron chi connectivity index (χ2n) is 3.86. The fraction of sp³-hybridized carbons (Fsp3) is 0.300. The molecule has 1 aromatic carbocycles. The Bertz CT molecular complexity index is 489. The van der Waals surface area contributed by atoms with Crippen molar-refractivity contribution in [3.05, 3.63) is 32.8 Å². The summed E-state index contributed by atoms with van der Waals surface area (Å²) < 4.78 is 5.35. The maximum absolute atomic E-state index is 10.8. The third-order valence-corrected chi connectivity index (χ3v) is 2.95. The molecule has 0 aliphatic carbocycles. The van der Waals surface area contributed by atoms with Crippen molar-refractivity contribution in [2.45, 2.75) is 12.5 Å². The molecule has 1 aromatic rings. The monoisotopic (exact) mass is 318 g/mol. The summed E-state index contributed by atoms with van der Waals surface area (Å²) in [6, 6.07) is 4.22. The van der Waals surface area contributed by atoms with Gasteiger partial charge in [-0.2, -0.15) is 0 Å². The molecule has 0 saturated carbocycles. The predicted octanol–water partition coefficient (Wildman–Crippen LogP) is 1.54. The van der Waals surface area contributed by atoms with Crippen LogP contribution in [0, 0.1) is 10.1 Å². The largest absolute Gasteiger partial charge is 0.490 e. The Morgan fingerprint density at radius 3 is 2.78 bits per heavy atom. The van der Waals surface area contributed by atoms with Gasteiger partial charge in [-0.05, 0) is 28.9 Å². The molecule has 0 aliphatic heterocycles. The molecule has 18 heavy (non-hydrogen) atoms. The van der Waals surface area contributed by atoms with Gasteiger partial charge in [-0.3, -0.25) is 14.9 Å². The van der Waals surface area contributed by atoms with Crippen LogP contribution in [0.2, 0.25) is 0 Å². The van der Waals surface area contributed by atoms with Crippen molar-refractivity contribution in [2.24, 2.45) is 5.73 Å². The number of benzene rings is 1. The molecule has 0 saturated heterocycles. The van der Waals surface area contributed by atoms with E-state index in [1.165, 1.54) is 25.1 Å². The van der Waals surface area contributed by atoms with Gasteiger partial charge in [0.25, 0.3) is 5.69 Å². The zero-order valence-electron chi connectivity index (χ0n) is 9.42. The van der Waals surface area contributed by atoms with Gasteiger partial charge in [-0.15, -0.1) is 0 Å². The van der Waals surface area contributed by atoms with Crippen LogP contribution in [0.15, 0.2) is 22.7 Å². The second-order valence-corrected chi connectivity index (χ2v) is 4.65. The number of hydrogen-bond donors (Lipinski definition) is 2. The van der Waals surface area contributed by atoms with E-state index in [9.17, 15) is 14.9 Å². The summed E-state index contributed by atoms with van der Waals surface area (Å²) in [5, 5.41) is 19.5. The molecule has 0 bridgehead atoms.